The first-order chi connectivity index (χ1) is 11.3. The summed E-state index contributed by atoms with van der Waals surface area (Å²) in [5.41, 5.74) is 13.7. The van der Waals surface area contributed by atoms with Gasteiger partial charge in [0.25, 0.3) is 10.1 Å². The Labute approximate surface area is 164 Å². The van der Waals surface area contributed by atoms with Gasteiger partial charge in [0.1, 0.15) is 18.4 Å². The molecular weight excluding hydrogens is 403 g/mol. The van der Waals surface area contributed by atoms with Crippen LogP contribution >= 0.6 is 24.8 Å². The molecule has 3 rings (SSSR count). The van der Waals surface area contributed by atoms with Crippen LogP contribution in [0.4, 0.5) is 11.4 Å². The summed E-state index contributed by atoms with van der Waals surface area (Å²) < 4.78 is 44.0. The van der Waals surface area contributed by atoms with Crippen molar-refractivity contribution in [3.8, 4) is 11.5 Å². The zero-order valence-electron chi connectivity index (χ0n) is 13.8. The van der Waals surface area contributed by atoms with Crippen LogP contribution in [-0.2, 0) is 16.5 Å². The minimum absolute atomic E-state index is 0. The number of anilines is 2. The van der Waals surface area contributed by atoms with Crippen LogP contribution in [0.3, 0.4) is 0 Å². The fourth-order valence-corrected chi connectivity index (χ4v) is 3.39. The number of hydrogen-bond donors (Lipinski definition) is 3. The van der Waals surface area contributed by atoms with Crippen LogP contribution < -0.4 is 20.9 Å². The highest BCUT2D eigenvalue weighted by atomic mass is 35.5. The molecule has 0 bridgehead atoms. The van der Waals surface area contributed by atoms with Crippen molar-refractivity contribution < 1.29 is 22.4 Å². The van der Waals surface area contributed by atoms with Crippen molar-refractivity contribution in [3.05, 3.63) is 41.5 Å². The summed E-state index contributed by atoms with van der Waals surface area (Å²) in [4.78, 5) is -0.136. The molecule has 0 aliphatic carbocycles. The Hall–Kier alpha value is -1.87. The van der Waals surface area contributed by atoms with E-state index in [4.69, 9.17) is 20.9 Å². The van der Waals surface area contributed by atoms with E-state index >= 15 is 0 Å². The predicted molar refractivity (Wildman–Crippen MR) is 104 cm³/mol. The molecule has 26 heavy (non-hydrogen) atoms. The lowest BCUT2D eigenvalue weighted by Crippen LogP contribution is -2.32. The first-order valence-electron chi connectivity index (χ1n) is 7.30. The fourth-order valence-electron chi connectivity index (χ4n) is 2.68. The number of nitrogen functional groups attached to an aromatic ring is 2. The molecule has 144 valence electrons. The molecule has 0 spiro atoms. The van der Waals surface area contributed by atoms with Gasteiger partial charge in [0, 0.05) is 6.42 Å². The Balaban J connectivity index is 0.00000169. The van der Waals surface area contributed by atoms with Crippen LogP contribution in [0.2, 0.25) is 0 Å². The van der Waals surface area contributed by atoms with E-state index in [1.54, 1.807) is 24.3 Å². The second kappa shape index (κ2) is 8.22. The zero-order chi connectivity index (χ0) is 17.5. The van der Waals surface area contributed by atoms with Gasteiger partial charge in [0.2, 0.25) is 0 Å². The molecule has 2 aromatic carbocycles. The minimum atomic E-state index is -4.32. The van der Waals surface area contributed by atoms with Crippen molar-refractivity contribution in [3.63, 3.8) is 0 Å². The van der Waals surface area contributed by atoms with Crippen molar-refractivity contribution >= 4 is 46.3 Å². The molecule has 0 unspecified atom stereocenters. The molecule has 0 saturated heterocycles. The topological polar surface area (TPSA) is 125 Å². The Bertz CT molecular complexity index is 906. The third kappa shape index (κ3) is 4.45. The highest BCUT2D eigenvalue weighted by Crippen LogP contribution is 2.41. The van der Waals surface area contributed by atoms with E-state index in [1.165, 1.54) is 6.07 Å². The van der Waals surface area contributed by atoms with E-state index in [2.05, 4.69) is 0 Å². The van der Waals surface area contributed by atoms with Gasteiger partial charge in [0.05, 0.1) is 10.6 Å². The molecule has 0 amide bonds. The highest BCUT2D eigenvalue weighted by molar-refractivity contribution is 7.85. The minimum Gasteiger partial charge on any atom is -0.486 e. The van der Waals surface area contributed by atoms with Gasteiger partial charge in [-0.2, -0.15) is 8.42 Å². The molecule has 5 N–H and O–H groups in total. The van der Waals surface area contributed by atoms with Crippen molar-refractivity contribution in [2.75, 3.05) is 18.1 Å². The van der Waals surface area contributed by atoms with Crippen LogP contribution in [0, 0.1) is 6.92 Å². The maximum Gasteiger partial charge on any atom is 0.294 e. The van der Waals surface area contributed by atoms with Crippen LogP contribution in [0.15, 0.2) is 35.2 Å². The van der Waals surface area contributed by atoms with Gasteiger partial charge >= 0.3 is 0 Å². The Morgan fingerprint density at radius 3 is 2.54 bits per heavy atom. The quantitative estimate of drug-likeness (QED) is 0.512. The first kappa shape index (κ1) is 22.2. The van der Waals surface area contributed by atoms with Gasteiger partial charge in [0.15, 0.2) is 11.5 Å². The lowest BCUT2D eigenvalue weighted by molar-refractivity contribution is 0.0919. The Morgan fingerprint density at radius 1 is 1.19 bits per heavy atom. The van der Waals surface area contributed by atoms with Gasteiger partial charge in [-0.1, -0.05) is 17.7 Å². The molecule has 0 radical (unpaired) electrons. The van der Waals surface area contributed by atoms with Gasteiger partial charge in [-0.3, -0.25) is 4.55 Å². The van der Waals surface area contributed by atoms with E-state index in [0.717, 1.165) is 5.56 Å². The highest BCUT2D eigenvalue weighted by Gasteiger charge is 2.26. The monoisotopic (exact) mass is 422 g/mol. The second-order valence-electron chi connectivity index (χ2n) is 5.74. The number of hydrogen-bond acceptors (Lipinski definition) is 6. The van der Waals surface area contributed by atoms with E-state index in [-0.39, 0.29) is 48.4 Å². The number of rotatable bonds is 3. The van der Waals surface area contributed by atoms with Crippen LogP contribution in [0.25, 0.3) is 0 Å². The maximum absolute atomic E-state index is 11.6. The number of ether oxygens (including phenoxy) is 2. The fraction of sp³-hybridized carbons (Fsp3) is 0.250. The molecule has 1 heterocycles. The molecule has 2 aromatic rings. The van der Waals surface area contributed by atoms with E-state index in [9.17, 15) is 13.0 Å². The lowest BCUT2D eigenvalue weighted by atomic mass is 10.0. The number of nitrogens with two attached hydrogens (primary N) is 2. The molecule has 0 fully saturated rings. The summed E-state index contributed by atoms with van der Waals surface area (Å²) >= 11 is 0. The molecule has 1 aliphatic rings. The number of benzene rings is 2. The normalized spacial score (nSPS) is 15.5. The number of fused-ring (bicyclic) bond motifs is 1. The van der Waals surface area contributed by atoms with Crippen LogP contribution in [-0.4, -0.2) is 25.7 Å². The largest absolute Gasteiger partial charge is 0.486 e. The average molecular weight is 423 g/mol. The SMILES string of the molecule is Cc1ccc(S(=O)(=O)O)c(C[C@@H]2COc3ccc(N)c(N)c3O2)c1.Cl.Cl. The second-order valence-corrected chi connectivity index (χ2v) is 7.13. The third-order valence-corrected chi connectivity index (χ3v) is 4.80. The smallest absolute Gasteiger partial charge is 0.294 e. The maximum atomic E-state index is 11.6. The van der Waals surface area contributed by atoms with Crippen LogP contribution in [0.1, 0.15) is 11.1 Å². The number of aryl methyl sites for hydroxylation is 1. The van der Waals surface area contributed by atoms with Crippen molar-refractivity contribution in [2.24, 2.45) is 0 Å². The van der Waals surface area contributed by atoms with E-state index in [0.29, 0.717) is 22.7 Å². The van der Waals surface area contributed by atoms with Gasteiger partial charge in [-0.25, -0.2) is 0 Å². The Morgan fingerprint density at radius 2 is 1.88 bits per heavy atom. The zero-order valence-corrected chi connectivity index (χ0v) is 16.3. The Kier molecular flexibility index (Phi) is 7.01. The molecule has 0 aromatic heterocycles. The number of halogens is 2. The van der Waals surface area contributed by atoms with Crippen molar-refractivity contribution in [2.45, 2.75) is 24.3 Å². The average Bonchev–Trinajstić information content (AvgIpc) is 2.50. The molecular formula is C16H20Cl2N2O5S. The van der Waals surface area contributed by atoms with Gasteiger partial charge in [-0.05, 0) is 30.7 Å². The lowest BCUT2D eigenvalue weighted by Gasteiger charge is -2.28. The standard InChI is InChI=1S/C16H18N2O5S.2ClH/c1-9-2-5-14(24(19,20)21)10(6-9)7-11-8-22-13-4-3-12(17)15(18)16(13)23-11;;/h2-6,11H,7-8,17-18H2,1H3,(H,19,20,21);2*1H/t11-;;/m1../s1. The molecule has 10 heteroatoms. The van der Waals surface area contributed by atoms with Gasteiger partial charge in [-0.15, -0.1) is 24.8 Å². The predicted octanol–water partition coefficient (Wildman–Crippen LogP) is 2.63. The summed E-state index contributed by atoms with van der Waals surface area (Å²) in [5.74, 6) is 0.851. The summed E-state index contributed by atoms with van der Waals surface area (Å²) in [6, 6.07) is 8.01. The molecule has 1 atom stereocenters. The summed E-state index contributed by atoms with van der Waals surface area (Å²) in [6.45, 7) is 2.07. The molecule has 0 saturated carbocycles. The first-order valence-corrected chi connectivity index (χ1v) is 8.74. The van der Waals surface area contributed by atoms with E-state index < -0.39 is 16.2 Å². The molecule has 7 nitrogen and oxygen atoms in total. The summed E-state index contributed by atoms with van der Waals surface area (Å²) in [7, 11) is -4.32. The molecule has 1 aliphatic heterocycles. The van der Waals surface area contributed by atoms with Crippen molar-refractivity contribution in [1.29, 1.82) is 0 Å². The third-order valence-electron chi connectivity index (χ3n) is 3.84. The summed E-state index contributed by atoms with van der Waals surface area (Å²) in [6.07, 6.45) is -0.214. The van der Waals surface area contributed by atoms with Crippen molar-refractivity contribution in [1.82, 2.24) is 0 Å². The summed E-state index contributed by atoms with van der Waals surface area (Å²) in [5, 5.41) is 0. The van der Waals surface area contributed by atoms with Crippen LogP contribution in [0.5, 0.6) is 11.5 Å². The van der Waals surface area contributed by atoms with Gasteiger partial charge < -0.3 is 20.9 Å². The van der Waals surface area contributed by atoms with E-state index in [1.807, 2.05) is 6.92 Å².